The highest BCUT2D eigenvalue weighted by molar-refractivity contribution is 6.51. The van der Waals surface area contributed by atoms with E-state index in [1.54, 1.807) is 18.2 Å². The van der Waals surface area contributed by atoms with Gasteiger partial charge in [-0.3, -0.25) is 14.5 Å². The summed E-state index contributed by atoms with van der Waals surface area (Å²) in [5.41, 5.74) is 4.06. The summed E-state index contributed by atoms with van der Waals surface area (Å²) in [7, 11) is 0. The minimum Gasteiger partial charge on any atom is -0.507 e. The number of ether oxygens (including phenoxy) is 1. The first kappa shape index (κ1) is 27.0. The summed E-state index contributed by atoms with van der Waals surface area (Å²) in [6.07, 6.45) is 1.72. The van der Waals surface area contributed by atoms with Gasteiger partial charge in [0, 0.05) is 30.0 Å². The lowest BCUT2D eigenvalue weighted by Crippen LogP contribution is -2.29. The van der Waals surface area contributed by atoms with Crippen molar-refractivity contribution in [3.63, 3.8) is 0 Å². The number of aliphatic hydroxyl groups is 1. The van der Waals surface area contributed by atoms with Gasteiger partial charge in [-0.1, -0.05) is 50.2 Å². The Balaban J connectivity index is 1.86. The molecule has 198 valence electrons. The smallest absolute Gasteiger partial charge is 0.300 e. The summed E-state index contributed by atoms with van der Waals surface area (Å²) in [4.78, 5) is 30.7. The van der Waals surface area contributed by atoms with Crippen molar-refractivity contribution in [3.05, 3.63) is 95.1 Å². The van der Waals surface area contributed by atoms with E-state index in [-0.39, 0.29) is 11.3 Å². The summed E-state index contributed by atoms with van der Waals surface area (Å²) in [6.45, 7) is 10.6. The molecule has 3 aromatic rings. The number of ketones is 1. The molecule has 0 radical (unpaired) electrons. The Morgan fingerprint density at radius 3 is 2.21 bits per heavy atom. The molecule has 38 heavy (non-hydrogen) atoms. The van der Waals surface area contributed by atoms with Crippen LogP contribution >= 0.6 is 0 Å². The number of aliphatic hydroxyl groups excluding tert-OH is 1. The number of rotatable bonds is 10. The molecule has 1 amide bonds. The Labute approximate surface area is 225 Å². The van der Waals surface area contributed by atoms with Gasteiger partial charge in [-0.05, 0) is 74.2 Å². The lowest BCUT2D eigenvalue weighted by Gasteiger charge is -2.27. The average Bonchev–Trinajstić information content (AvgIpc) is 3.22. The number of Topliss-reactive ketones (excluding diaryl/α,β-unsaturated/α-hetero) is 1. The largest absolute Gasteiger partial charge is 0.507 e. The van der Waals surface area contributed by atoms with Crippen LogP contribution in [0.1, 0.15) is 56.8 Å². The second-order valence-electron chi connectivity index (χ2n) is 9.33. The van der Waals surface area contributed by atoms with E-state index in [1.807, 2.05) is 61.5 Å². The zero-order valence-electron chi connectivity index (χ0n) is 22.6. The molecule has 0 aliphatic carbocycles. The minimum absolute atomic E-state index is 0.0674. The molecule has 1 atom stereocenters. The Kier molecular flexibility index (Phi) is 8.52. The summed E-state index contributed by atoms with van der Waals surface area (Å²) >= 11 is 0. The first-order valence-electron chi connectivity index (χ1n) is 13.4. The number of aryl methyl sites for hydroxylation is 1. The molecule has 1 N–H and O–H groups in total. The van der Waals surface area contributed by atoms with Gasteiger partial charge in [-0.15, -0.1) is 0 Å². The second-order valence-corrected chi connectivity index (χ2v) is 9.33. The molecular weight excluding hydrogens is 476 g/mol. The third kappa shape index (κ3) is 5.30. The fourth-order valence-corrected chi connectivity index (χ4v) is 4.87. The third-order valence-electron chi connectivity index (χ3n) is 6.98. The molecule has 1 heterocycles. The summed E-state index contributed by atoms with van der Waals surface area (Å²) in [5.74, 6) is -0.983. The van der Waals surface area contributed by atoms with Crippen LogP contribution in [0.2, 0.25) is 0 Å². The summed E-state index contributed by atoms with van der Waals surface area (Å²) in [5, 5.41) is 11.5. The van der Waals surface area contributed by atoms with Crippen molar-refractivity contribution < 1.29 is 19.4 Å². The van der Waals surface area contributed by atoms with Crippen LogP contribution in [-0.4, -0.2) is 36.5 Å². The third-order valence-corrected chi connectivity index (χ3v) is 6.98. The van der Waals surface area contributed by atoms with Crippen LogP contribution in [0, 0.1) is 0 Å². The zero-order chi connectivity index (χ0) is 27.2. The van der Waals surface area contributed by atoms with Crippen molar-refractivity contribution in [2.45, 2.75) is 46.6 Å². The number of hydrogen-bond donors (Lipinski definition) is 1. The maximum atomic E-state index is 13.5. The maximum Gasteiger partial charge on any atom is 0.300 e. The Morgan fingerprint density at radius 1 is 0.921 bits per heavy atom. The minimum atomic E-state index is -0.770. The van der Waals surface area contributed by atoms with Gasteiger partial charge in [-0.2, -0.15) is 0 Å². The van der Waals surface area contributed by atoms with Crippen LogP contribution < -0.4 is 14.5 Å². The standard InChI is InChI=1S/C32H36N2O4/c1-5-20-38-27-11-9-10-24(21-27)30(35)28-29(23-14-18-25(19-15-23)33(7-3)8-4)34(32(37)31(28)36)26-16-12-22(6-2)13-17-26/h9-19,21,29,35H,5-8,20H2,1-4H3/b30-28-. The van der Waals surface area contributed by atoms with Gasteiger partial charge in [0.25, 0.3) is 11.7 Å². The predicted octanol–water partition coefficient (Wildman–Crippen LogP) is 6.51. The molecule has 0 aromatic heterocycles. The fourth-order valence-electron chi connectivity index (χ4n) is 4.87. The highest BCUT2D eigenvalue weighted by atomic mass is 16.5. The Hall–Kier alpha value is -4.06. The van der Waals surface area contributed by atoms with E-state index in [0.717, 1.165) is 42.7 Å². The van der Waals surface area contributed by atoms with Crippen molar-refractivity contribution in [3.8, 4) is 5.75 Å². The van der Waals surface area contributed by atoms with Crippen molar-refractivity contribution in [1.29, 1.82) is 0 Å². The monoisotopic (exact) mass is 512 g/mol. The molecule has 0 bridgehead atoms. The topological polar surface area (TPSA) is 70.1 Å². The second kappa shape index (κ2) is 12.0. The molecule has 0 spiro atoms. The first-order chi connectivity index (χ1) is 18.4. The van der Waals surface area contributed by atoms with Crippen LogP contribution in [0.25, 0.3) is 5.76 Å². The number of anilines is 2. The summed E-state index contributed by atoms with van der Waals surface area (Å²) in [6, 6.07) is 21.8. The van der Waals surface area contributed by atoms with Gasteiger partial charge < -0.3 is 14.7 Å². The normalized spacial score (nSPS) is 16.6. The molecule has 6 heteroatoms. The zero-order valence-corrected chi connectivity index (χ0v) is 22.6. The molecule has 4 rings (SSSR count). The number of benzene rings is 3. The van der Waals surface area contributed by atoms with E-state index < -0.39 is 17.7 Å². The fraction of sp³-hybridized carbons (Fsp3) is 0.312. The molecule has 1 fully saturated rings. The molecule has 1 aliphatic rings. The molecular formula is C32H36N2O4. The van der Waals surface area contributed by atoms with E-state index in [2.05, 4.69) is 25.7 Å². The number of nitrogens with zero attached hydrogens (tertiary/aromatic N) is 2. The SMILES string of the molecule is CCCOc1cccc(/C(O)=C2/C(=O)C(=O)N(c3ccc(CC)cc3)C2c2ccc(N(CC)CC)cc2)c1. The van der Waals surface area contributed by atoms with Crippen LogP contribution in [0.15, 0.2) is 78.4 Å². The van der Waals surface area contributed by atoms with E-state index >= 15 is 0 Å². The van der Waals surface area contributed by atoms with E-state index in [0.29, 0.717) is 23.6 Å². The number of amides is 1. The number of carbonyl (C=O) groups is 2. The van der Waals surface area contributed by atoms with Gasteiger partial charge in [0.15, 0.2) is 0 Å². The molecule has 1 unspecified atom stereocenters. The lowest BCUT2D eigenvalue weighted by atomic mass is 9.94. The predicted molar refractivity (Wildman–Crippen MR) is 153 cm³/mol. The van der Waals surface area contributed by atoms with E-state index in [9.17, 15) is 14.7 Å². The lowest BCUT2D eigenvalue weighted by molar-refractivity contribution is -0.132. The first-order valence-corrected chi connectivity index (χ1v) is 13.4. The van der Waals surface area contributed by atoms with Gasteiger partial charge >= 0.3 is 0 Å². The van der Waals surface area contributed by atoms with Gasteiger partial charge in [0.2, 0.25) is 0 Å². The quantitative estimate of drug-likeness (QED) is 0.190. The van der Waals surface area contributed by atoms with Crippen molar-refractivity contribution in [2.24, 2.45) is 0 Å². The Morgan fingerprint density at radius 2 is 1.61 bits per heavy atom. The number of carbonyl (C=O) groups excluding carboxylic acids is 2. The number of hydrogen-bond acceptors (Lipinski definition) is 5. The van der Waals surface area contributed by atoms with Crippen molar-refractivity contribution in [2.75, 3.05) is 29.5 Å². The van der Waals surface area contributed by atoms with Crippen molar-refractivity contribution in [1.82, 2.24) is 0 Å². The van der Waals surface area contributed by atoms with E-state index in [4.69, 9.17) is 4.74 Å². The van der Waals surface area contributed by atoms with Crippen LogP contribution in [0.4, 0.5) is 11.4 Å². The van der Waals surface area contributed by atoms with Crippen molar-refractivity contribution >= 4 is 28.8 Å². The molecule has 1 aliphatic heterocycles. The summed E-state index contributed by atoms with van der Waals surface area (Å²) < 4.78 is 5.74. The average molecular weight is 513 g/mol. The highest BCUT2D eigenvalue weighted by Gasteiger charge is 2.47. The van der Waals surface area contributed by atoms with Gasteiger partial charge in [-0.25, -0.2) is 0 Å². The van der Waals surface area contributed by atoms with Gasteiger partial charge in [0.1, 0.15) is 11.5 Å². The molecule has 3 aromatic carbocycles. The van der Waals surface area contributed by atoms with Crippen LogP contribution in [-0.2, 0) is 16.0 Å². The maximum absolute atomic E-state index is 13.5. The van der Waals surface area contributed by atoms with Crippen LogP contribution in [0.3, 0.4) is 0 Å². The molecule has 0 saturated carbocycles. The van der Waals surface area contributed by atoms with Gasteiger partial charge in [0.05, 0.1) is 18.2 Å². The van der Waals surface area contributed by atoms with Crippen LogP contribution in [0.5, 0.6) is 5.75 Å². The molecule has 1 saturated heterocycles. The Bertz CT molecular complexity index is 1310. The highest BCUT2D eigenvalue weighted by Crippen LogP contribution is 2.42. The molecule has 6 nitrogen and oxygen atoms in total. The van der Waals surface area contributed by atoms with E-state index in [1.165, 1.54) is 4.90 Å².